The van der Waals surface area contributed by atoms with Gasteiger partial charge in [0.05, 0.1) is 33.5 Å². The maximum atomic E-state index is 7.02. The van der Waals surface area contributed by atoms with Gasteiger partial charge in [0.1, 0.15) is 11.5 Å². The Hall–Kier alpha value is -8.12. The van der Waals surface area contributed by atoms with Crippen molar-refractivity contribution in [1.82, 2.24) is 14.5 Å². The predicted octanol–water partition coefficient (Wildman–Crippen LogP) is 15.4. The zero-order chi connectivity index (χ0) is 41.9. The molecule has 0 amide bonds. The van der Waals surface area contributed by atoms with E-state index in [1.807, 2.05) is 35.6 Å². The van der Waals surface area contributed by atoms with Gasteiger partial charge < -0.3 is 9.30 Å². The van der Waals surface area contributed by atoms with Gasteiger partial charge in [-0.25, -0.2) is 9.97 Å². The lowest BCUT2D eigenvalue weighted by atomic mass is 9.61. The summed E-state index contributed by atoms with van der Waals surface area (Å²) >= 11 is 1.82. The van der Waals surface area contributed by atoms with Crippen LogP contribution in [0.2, 0.25) is 0 Å². The molecule has 12 aromatic rings. The summed E-state index contributed by atoms with van der Waals surface area (Å²) < 4.78 is 12.0. The summed E-state index contributed by atoms with van der Waals surface area (Å²) in [6.07, 6.45) is 0. The van der Waals surface area contributed by atoms with Crippen molar-refractivity contribution in [1.29, 1.82) is 0 Å². The van der Waals surface area contributed by atoms with Gasteiger partial charge in [-0.3, -0.25) is 0 Å². The van der Waals surface area contributed by atoms with Crippen molar-refractivity contribution in [2.75, 3.05) is 0 Å². The van der Waals surface area contributed by atoms with Gasteiger partial charge in [-0.1, -0.05) is 164 Å². The number of nitrogens with zero attached hydrogens (tertiary/aromatic N) is 3. The number of rotatable bonds is 4. The second-order valence-electron chi connectivity index (χ2n) is 16.8. The Morgan fingerprint density at radius 1 is 0.422 bits per heavy atom. The minimum Gasteiger partial charge on any atom is -0.457 e. The third-order valence-corrected chi connectivity index (χ3v) is 14.6. The van der Waals surface area contributed by atoms with Crippen LogP contribution in [0.3, 0.4) is 0 Å². The molecule has 298 valence electrons. The third-order valence-electron chi connectivity index (χ3n) is 13.5. The fraction of sp³-hybridized carbons (Fsp3) is 0.0169. The maximum absolute atomic E-state index is 7.02. The van der Waals surface area contributed by atoms with E-state index in [1.165, 1.54) is 58.8 Å². The van der Waals surface area contributed by atoms with Crippen LogP contribution in [-0.4, -0.2) is 14.5 Å². The molecule has 1 spiro atoms. The molecule has 5 heterocycles. The highest BCUT2D eigenvalue weighted by Gasteiger charge is 2.50. The predicted molar refractivity (Wildman–Crippen MR) is 263 cm³/mol. The number of aromatic nitrogens is 3. The molecule has 0 bridgehead atoms. The van der Waals surface area contributed by atoms with Gasteiger partial charge in [0, 0.05) is 58.8 Å². The molecular weight excluding hydrogens is 799 g/mol. The van der Waals surface area contributed by atoms with Crippen LogP contribution in [0.5, 0.6) is 11.5 Å². The Kier molecular flexibility index (Phi) is 7.45. The largest absolute Gasteiger partial charge is 0.457 e. The molecule has 0 fully saturated rings. The van der Waals surface area contributed by atoms with Gasteiger partial charge >= 0.3 is 0 Å². The van der Waals surface area contributed by atoms with Crippen molar-refractivity contribution in [3.8, 4) is 62.2 Å². The molecule has 1 unspecified atom stereocenters. The number of fused-ring (bicyclic) bond motifs is 14. The van der Waals surface area contributed by atoms with E-state index in [2.05, 4.69) is 193 Å². The summed E-state index contributed by atoms with van der Waals surface area (Å²) in [7, 11) is 0. The van der Waals surface area contributed by atoms with E-state index in [4.69, 9.17) is 14.7 Å². The normalized spacial score (nSPS) is 14.8. The Morgan fingerprint density at radius 2 is 1.09 bits per heavy atom. The molecule has 2 aliphatic heterocycles. The van der Waals surface area contributed by atoms with E-state index < -0.39 is 5.41 Å². The molecule has 0 aliphatic carbocycles. The van der Waals surface area contributed by atoms with Crippen LogP contribution in [0.25, 0.3) is 92.7 Å². The molecule has 4 nitrogen and oxygen atoms in total. The van der Waals surface area contributed by atoms with Crippen molar-refractivity contribution in [2.24, 2.45) is 0 Å². The fourth-order valence-corrected chi connectivity index (χ4v) is 11.9. The molecule has 14 rings (SSSR count). The third kappa shape index (κ3) is 4.93. The first-order chi connectivity index (χ1) is 31.7. The van der Waals surface area contributed by atoms with Crippen molar-refractivity contribution in [3.63, 3.8) is 0 Å². The van der Waals surface area contributed by atoms with Crippen molar-refractivity contribution in [2.45, 2.75) is 5.41 Å². The summed E-state index contributed by atoms with van der Waals surface area (Å²) in [4.78, 5) is 10.3. The van der Waals surface area contributed by atoms with Crippen molar-refractivity contribution in [3.05, 3.63) is 235 Å². The molecular formula is C59H35N3OS. The number of benzene rings is 9. The number of thiophene rings is 1. The Labute approximate surface area is 373 Å². The van der Waals surface area contributed by atoms with Gasteiger partial charge in [0.2, 0.25) is 0 Å². The Morgan fingerprint density at radius 3 is 1.98 bits per heavy atom. The second-order valence-corrected chi connectivity index (χ2v) is 17.9. The van der Waals surface area contributed by atoms with E-state index >= 15 is 0 Å². The van der Waals surface area contributed by atoms with E-state index in [9.17, 15) is 0 Å². The van der Waals surface area contributed by atoms with E-state index in [-0.39, 0.29) is 0 Å². The van der Waals surface area contributed by atoms with Crippen LogP contribution in [-0.2, 0) is 5.41 Å². The fourth-order valence-electron chi connectivity index (χ4n) is 10.8. The van der Waals surface area contributed by atoms with Crippen LogP contribution < -0.4 is 4.74 Å². The van der Waals surface area contributed by atoms with Crippen LogP contribution in [0, 0.1) is 0 Å². The van der Waals surface area contributed by atoms with Crippen LogP contribution in [0.1, 0.15) is 22.3 Å². The molecule has 1 atom stereocenters. The van der Waals surface area contributed by atoms with Crippen molar-refractivity contribution >= 4 is 53.3 Å². The molecule has 2 aliphatic rings. The molecule has 0 saturated heterocycles. The van der Waals surface area contributed by atoms with Gasteiger partial charge in [-0.05, 0) is 70.8 Å². The van der Waals surface area contributed by atoms with Gasteiger partial charge in [-0.15, -0.1) is 11.3 Å². The highest BCUT2D eigenvalue weighted by Crippen LogP contribution is 2.60. The minimum absolute atomic E-state index is 0.611. The van der Waals surface area contributed by atoms with Crippen molar-refractivity contribution < 1.29 is 4.74 Å². The zero-order valence-electron chi connectivity index (χ0n) is 34.4. The molecule has 5 heteroatoms. The summed E-state index contributed by atoms with van der Waals surface area (Å²) in [5.74, 6) is 2.45. The van der Waals surface area contributed by atoms with Crippen LogP contribution in [0.4, 0.5) is 0 Å². The monoisotopic (exact) mass is 833 g/mol. The summed E-state index contributed by atoms with van der Waals surface area (Å²) in [5, 5.41) is 4.92. The lowest BCUT2D eigenvalue weighted by molar-refractivity contribution is 0.434. The van der Waals surface area contributed by atoms with E-state index in [0.717, 1.165) is 61.8 Å². The first kappa shape index (κ1) is 35.5. The highest BCUT2D eigenvalue weighted by molar-refractivity contribution is 7.26. The minimum atomic E-state index is -0.611. The van der Waals surface area contributed by atoms with Crippen LogP contribution >= 0.6 is 11.3 Å². The molecule has 0 saturated carbocycles. The number of hydrogen-bond donors (Lipinski definition) is 0. The first-order valence-corrected chi connectivity index (χ1v) is 22.5. The number of hydrogen-bond acceptors (Lipinski definition) is 4. The topological polar surface area (TPSA) is 39.9 Å². The lowest BCUT2D eigenvalue weighted by Gasteiger charge is -2.45. The standard InChI is InChI=1S/C59H35N3OS/c1-3-15-36(16-4-1)48-35-49(61-58(60-48)37-17-5-2-6-18-37)42-21-14-28-55-56(42)43-33-38(30-32-54(43)64-55)39-29-31-46-53(34-39)63-52-27-12-9-23-45(52)59(46)44-22-8-11-26-51(44)62-50-25-10-7-19-40(50)41-20-13-24-47(59)57(41)62/h1-35H. The highest BCUT2D eigenvalue weighted by atomic mass is 32.1. The smallest absolute Gasteiger partial charge is 0.160 e. The number of ether oxygens (including phenoxy) is 1. The average molecular weight is 834 g/mol. The first-order valence-electron chi connectivity index (χ1n) is 21.7. The van der Waals surface area contributed by atoms with Gasteiger partial charge in [0.25, 0.3) is 0 Å². The Bertz CT molecular complexity index is 3830. The van der Waals surface area contributed by atoms with Crippen LogP contribution in [0.15, 0.2) is 212 Å². The second kappa shape index (κ2) is 13.4. The number of para-hydroxylation sites is 4. The molecule has 0 N–H and O–H groups in total. The Balaban J connectivity index is 0.969. The van der Waals surface area contributed by atoms with E-state index in [1.54, 1.807) is 0 Å². The molecule has 0 radical (unpaired) electrons. The average Bonchev–Trinajstić information content (AvgIpc) is 3.92. The van der Waals surface area contributed by atoms with Gasteiger partial charge in [0.15, 0.2) is 5.82 Å². The zero-order valence-corrected chi connectivity index (χ0v) is 35.2. The summed E-state index contributed by atoms with van der Waals surface area (Å²) in [6.45, 7) is 0. The van der Waals surface area contributed by atoms with Gasteiger partial charge in [-0.2, -0.15) is 0 Å². The molecule has 9 aromatic carbocycles. The maximum Gasteiger partial charge on any atom is 0.160 e. The van der Waals surface area contributed by atoms with E-state index in [0.29, 0.717) is 5.82 Å². The summed E-state index contributed by atoms with van der Waals surface area (Å²) in [5.41, 5.74) is 15.0. The summed E-state index contributed by atoms with van der Waals surface area (Å²) in [6, 6.07) is 76.4. The SMILES string of the molecule is c1ccc(-c2cc(-c3cccc4sc5ccc(-c6ccc7c(c6)Oc6ccccc6C76c7ccccc7-n7c8ccccc8c8cccc6c87)cc5c34)nc(-c3ccccc3)n2)cc1. The molecule has 64 heavy (non-hydrogen) atoms. The lowest BCUT2D eigenvalue weighted by Crippen LogP contribution is -2.37. The molecule has 3 aromatic heterocycles. The quantitative estimate of drug-likeness (QED) is 0.177.